The van der Waals surface area contributed by atoms with Gasteiger partial charge in [0.1, 0.15) is 17.5 Å². The van der Waals surface area contributed by atoms with E-state index in [2.05, 4.69) is 4.99 Å². The first kappa shape index (κ1) is 17.1. The summed E-state index contributed by atoms with van der Waals surface area (Å²) in [5.41, 5.74) is 3.59. The molecule has 0 fully saturated rings. The molecule has 0 spiro atoms. The summed E-state index contributed by atoms with van der Waals surface area (Å²) in [6.45, 7) is 2.56. The second kappa shape index (κ2) is 6.76. The number of benzene rings is 3. The smallest absolute Gasteiger partial charge is 0.281 e. The Morgan fingerprint density at radius 1 is 1.00 bits per heavy atom. The van der Waals surface area contributed by atoms with Crippen molar-refractivity contribution in [2.24, 2.45) is 4.99 Å². The predicted octanol–water partition coefficient (Wildman–Crippen LogP) is 4.88. The molecule has 0 bridgehead atoms. The molecule has 0 saturated heterocycles. The van der Waals surface area contributed by atoms with Gasteiger partial charge in [-0.3, -0.25) is 4.79 Å². The van der Waals surface area contributed by atoms with E-state index in [0.29, 0.717) is 18.4 Å². The summed E-state index contributed by atoms with van der Waals surface area (Å²) in [5, 5.41) is 0. The highest BCUT2D eigenvalue weighted by atomic mass is 19.1. The van der Waals surface area contributed by atoms with Crippen LogP contribution >= 0.6 is 0 Å². The largest absolute Gasteiger partial charge is 0.321 e. The molecule has 3 aromatic rings. The number of hydrogen-bond acceptors (Lipinski definition) is 1. The third kappa shape index (κ3) is 3.24. The number of halogens is 2. The third-order valence-corrected chi connectivity index (χ3v) is 4.52. The van der Waals surface area contributed by atoms with Gasteiger partial charge in [-0.1, -0.05) is 36.4 Å². The molecule has 1 aliphatic rings. The zero-order chi connectivity index (χ0) is 19.0. The van der Waals surface area contributed by atoms with Crippen molar-refractivity contribution in [2.45, 2.75) is 13.5 Å². The number of fused-ring (bicyclic) bond motifs is 1. The van der Waals surface area contributed by atoms with Crippen molar-refractivity contribution < 1.29 is 13.6 Å². The number of amidine groups is 1. The lowest BCUT2D eigenvalue weighted by Gasteiger charge is -2.19. The Labute approximate surface area is 155 Å². The van der Waals surface area contributed by atoms with Crippen molar-refractivity contribution in [3.8, 4) is 0 Å². The van der Waals surface area contributed by atoms with Gasteiger partial charge in [0.15, 0.2) is 0 Å². The maximum Gasteiger partial charge on any atom is 0.281 e. The number of anilines is 1. The van der Waals surface area contributed by atoms with E-state index in [1.807, 2.05) is 60.4 Å². The minimum absolute atomic E-state index is 0.252. The van der Waals surface area contributed by atoms with E-state index in [1.54, 1.807) is 0 Å². The Morgan fingerprint density at radius 2 is 1.81 bits per heavy atom. The molecule has 1 amide bonds. The van der Waals surface area contributed by atoms with E-state index in [4.69, 9.17) is 0 Å². The molecular weight excluding hydrogens is 346 g/mol. The van der Waals surface area contributed by atoms with Gasteiger partial charge in [0.2, 0.25) is 0 Å². The normalized spacial score (nSPS) is 14.5. The molecule has 0 aromatic heterocycles. The molecule has 0 saturated carbocycles. The molecule has 0 atom stereocenters. The molecule has 3 aromatic carbocycles. The Morgan fingerprint density at radius 3 is 2.59 bits per heavy atom. The third-order valence-electron chi connectivity index (χ3n) is 4.52. The van der Waals surface area contributed by atoms with Gasteiger partial charge < -0.3 is 4.90 Å². The highest BCUT2D eigenvalue weighted by Gasteiger charge is 2.28. The molecule has 1 heterocycles. The molecule has 0 unspecified atom stereocenters. The average molecular weight is 362 g/mol. The van der Waals surface area contributed by atoms with Gasteiger partial charge in [-0.05, 0) is 42.3 Å². The summed E-state index contributed by atoms with van der Waals surface area (Å²) in [5.74, 6) is -1.93. The fourth-order valence-corrected chi connectivity index (χ4v) is 3.22. The Kier molecular flexibility index (Phi) is 4.28. The summed E-state index contributed by atoms with van der Waals surface area (Å²) >= 11 is 0. The lowest BCUT2D eigenvalue weighted by Crippen LogP contribution is -2.25. The van der Waals surface area contributed by atoms with Gasteiger partial charge in [0.05, 0.1) is 12.1 Å². The van der Waals surface area contributed by atoms with Gasteiger partial charge in [-0.25, -0.2) is 8.78 Å². The van der Waals surface area contributed by atoms with E-state index >= 15 is 0 Å². The van der Waals surface area contributed by atoms with E-state index in [-0.39, 0.29) is 5.56 Å². The van der Waals surface area contributed by atoms with Crippen LogP contribution in [0.2, 0.25) is 0 Å². The summed E-state index contributed by atoms with van der Waals surface area (Å²) in [4.78, 5) is 18.7. The molecular formula is C22H16F2N2O. The zero-order valence-electron chi connectivity index (χ0n) is 14.6. The number of aryl methyl sites for hydroxylation is 1. The fraction of sp³-hybridized carbons (Fsp3) is 0.0909. The Hall–Kier alpha value is -3.34. The standard InChI is InChI=1S/C22H16F2N2O/c1-14-5-4-7-17(11-14)26-13-15-6-2-3-8-18(15)21(26)25-22(27)19-10-9-16(23)12-20(19)24/h2-12H,13H2,1H3. The second-order valence-corrected chi connectivity index (χ2v) is 6.45. The lowest BCUT2D eigenvalue weighted by atomic mass is 10.1. The molecule has 5 heteroatoms. The van der Waals surface area contributed by atoms with E-state index in [0.717, 1.165) is 34.5 Å². The first-order chi connectivity index (χ1) is 13.0. The number of rotatable bonds is 2. The number of nitrogens with zero attached hydrogens (tertiary/aromatic N) is 2. The quantitative estimate of drug-likeness (QED) is 0.651. The number of carbonyl (C=O) groups is 1. The Bertz CT molecular complexity index is 1080. The van der Waals surface area contributed by atoms with Crippen molar-refractivity contribution in [2.75, 3.05) is 4.90 Å². The van der Waals surface area contributed by atoms with Crippen LogP contribution in [0.5, 0.6) is 0 Å². The van der Waals surface area contributed by atoms with E-state index in [9.17, 15) is 13.6 Å². The SMILES string of the molecule is Cc1cccc(N2Cc3ccccc3C2=NC(=O)c2ccc(F)cc2F)c1. The lowest BCUT2D eigenvalue weighted by molar-refractivity contribution is 0.0999. The molecule has 27 heavy (non-hydrogen) atoms. The van der Waals surface area contributed by atoms with Gasteiger partial charge in [-0.2, -0.15) is 4.99 Å². The summed E-state index contributed by atoms with van der Waals surface area (Å²) in [7, 11) is 0. The number of carbonyl (C=O) groups excluding carboxylic acids is 1. The van der Waals surface area contributed by atoms with E-state index < -0.39 is 17.5 Å². The fourth-order valence-electron chi connectivity index (χ4n) is 3.22. The van der Waals surface area contributed by atoms with Crippen molar-refractivity contribution in [1.29, 1.82) is 0 Å². The average Bonchev–Trinajstić information content (AvgIpc) is 3.00. The van der Waals surface area contributed by atoms with E-state index in [1.165, 1.54) is 0 Å². The molecule has 0 aliphatic carbocycles. The second-order valence-electron chi connectivity index (χ2n) is 6.45. The van der Waals surface area contributed by atoms with Crippen molar-refractivity contribution in [3.63, 3.8) is 0 Å². The predicted molar refractivity (Wildman–Crippen MR) is 101 cm³/mol. The highest BCUT2D eigenvalue weighted by molar-refractivity contribution is 6.18. The Balaban J connectivity index is 1.80. The summed E-state index contributed by atoms with van der Waals surface area (Å²) < 4.78 is 27.1. The molecule has 3 nitrogen and oxygen atoms in total. The molecule has 134 valence electrons. The van der Waals surface area contributed by atoms with Gasteiger partial charge in [-0.15, -0.1) is 0 Å². The molecule has 1 aliphatic heterocycles. The van der Waals surface area contributed by atoms with Crippen LogP contribution < -0.4 is 4.90 Å². The minimum Gasteiger partial charge on any atom is -0.321 e. The monoisotopic (exact) mass is 362 g/mol. The topological polar surface area (TPSA) is 32.7 Å². The van der Waals surface area contributed by atoms with Gasteiger partial charge in [0.25, 0.3) is 5.91 Å². The van der Waals surface area contributed by atoms with Crippen LogP contribution in [-0.2, 0) is 6.54 Å². The van der Waals surface area contributed by atoms with Crippen LogP contribution in [-0.4, -0.2) is 11.7 Å². The van der Waals surface area contributed by atoms with Crippen molar-refractivity contribution in [3.05, 3.63) is 101 Å². The number of hydrogen-bond donors (Lipinski definition) is 0. The maximum absolute atomic E-state index is 14.0. The van der Waals surface area contributed by atoms with Crippen LogP contribution in [0, 0.1) is 18.6 Å². The van der Waals surface area contributed by atoms with Crippen LogP contribution in [0.4, 0.5) is 14.5 Å². The highest BCUT2D eigenvalue weighted by Crippen LogP contribution is 2.29. The van der Waals surface area contributed by atoms with Crippen LogP contribution in [0.25, 0.3) is 0 Å². The van der Waals surface area contributed by atoms with Crippen molar-refractivity contribution in [1.82, 2.24) is 0 Å². The van der Waals surface area contributed by atoms with Crippen LogP contribution in [0.1, 0.15) is 27.0 Å². The molecule has 4 rings (SSSR count). The first-order valence-corrected chi connectivity index (χ1v) is 8.53. The van der Waals surface area contributed by atoms with Gasteiger partial charge >= 0.3 is 0 Å². The molecule has 0 N–H and O–H groups in total. The van der Waals surface area contributed by atoms with Crippen LogP contribution in [0.3, 0.4) is 0 Å². The summed E-state index contributed by atoms with van der Waals surface area (Å²) in [6, 6.07) is 18.4. The van der Waals surface area contributed by atoms with Gasteiger partial charge in [0, 0.05) is 17.3 Å². The maximum atomic E-state index is 14.0. The minimum atomic E-state index is -0.919. The van der Waals surface area contributed by atoms with Crippen LogP contribution in [0.15, 0.2) is 71.7 Å². The number of amides is 1. The molecule has 0 radical (unpaired) electrons. The van der Waals surface area contributed by atoms with Crippen molar-refractivity contribution >= 4 is 17.4 Å². The summed E-state index contributed by atoms with van der Waals surface area (Å²) in [6.07, 6.45) is 0. The first-order valence-electron chi connectivity index (χ1n) is 8.53. The number of aliphatic imine (C=N–C) groups is 1. The zero-order valence-corrected chi connectivity index (χ0v) is 14.6.